The summed E-state index contributed by atoms with van der Waals surface area (Å²) in [4.78, 5) is 4.35. The molecule has 1 aromatic rings. The van der Waals surface area contributed by atoms with E-state index in [0.717, 1.165) is 37.6 Å². The lowest BCUT2D eigenvalue weighted by Gasteiger charge is -2.23. The minimum Gasteiger partial charge on any atom is -0.339 e. The normalized spacial score (nSPS) is 17.3. The monoisotopic (exact) mass is 181 g/mol. The summed E-state index contributed by atoms with van der Waals surface area (Å²) in [5, 5.41) is 7.16. The van der Waals surface area contributed by atoms with Crippen LogP contribution in [0.25, 0.3) is 0 Å². The molecule has 13 heavy (non-hydrogen) atoms. The zero-order valence-electron chi connectivity index (χ0n) is 7.92. The van der Waals surface area contributed by atoms with E-state index in [0.29, 0.717) is 5.92 Å². The molecule has 72 valence electrons. The Morgan fingerprint density at radius 1 is 1.54 bits per heavy atom. The molecule has 2 heterocycles. The number of nitrogens with zero attached hydrogens (tertiary/aromatic N) is 2. The fraction of sp³-hybridized carbons (Fsp3) is 0.778. The van der Waals surface area contributed by atoms with Crippen molar-refractivity contribution < 1.29 is 4.52 Å². The minimum absolute atomic E-state index is 0.485. The summed E-state index contributed by atoms with van der Waals surface area (Å²) in [6.45, 7) is 4.15. The van der Waals surface area contributed by atoms with Gasteiger partial charge in [-0.15, -0.1) is 0 Å². The van der Waals surface area contributed by atoms with Gasteiger partial charge in [-0.2, -0.15) is 4.98 Å². The third kappa shape index (κ3) is 1.88. The first-order valence-corrected chi connectivity index (χ1v) is 4.93. The summed E-state index contributed by atoms with van der Waals surface area (Å²) in [7, 11) is 0. The smallest absolute Gasteiger partial charge is 0.226 e. The third-order valence-electron chi connectivity index (χ3n) is 2.37. The van der Waals surface area contributed by atoms with Crippen molar-refractivity contribution in [1.82, 2.24) is 15.5 Å². The molecule has 0 aliphatic carbocycles. The van der Waals surface area contributed by atoms with Crippen molar-refractivity contribution >= 4 is 0 Å². The van der Waals surface area contributed by atoms with Gasteiger partial charge in [-0.3, -0.25) is 0 Å². The van der Waals surface area contributed by atoms with Gasteiger partial charge < -0.3 is 9.84 Å². The average molecular weight is 181 g/mol. The van der Waals surface area contributed by atoms with Crippen molar-refractivity contribution in [2.45, 2.75) is 32.1 Å². The first-order chi connectivity index (χ1) is 6.40. The topological polar surface area (TPSA) is 51.0 Å². The molecule has 1 fully saturated rings. The largest absolute Gasteiger partial charge is 0.339 e. The molecule has 0 atom stereocenters. The lowest BCUT2D eigenvalue weighted by atomic mass is 10.0. The van der Waals surface area contributed by atoms with Crippen molar-refractivity contribution in [3.63, 3.8) is 0 Å². The third-order valence-corrected chi connectivity index (χ3v) is 2.37. The highest BCUT2D eigenvalue weighted by atomic mass is 16.5. The van der Waals surface area contributed by atoms with Crippen molar-refractivity contribution in [2.24, 2.45) is 0 Å². The van der Waals surface area contributed by atoms with Crippen LogP contribution in [0, 0.1) is 0 Å². The predicted molar refractivity (Wildman–Crippen MR) is 48.5 cm³/mol. The summed E-state index contributed by atoms with van der Waals surface area (Å²) in [5.41, 5.74) is 0. The van der Waals surface area contributed by atoms with Crippen LogP contribution in [0.4, 0.5) is 0 Å². The van der Waals surface area contributed by atoms with Gasteiger partial charge in [0.15, 0.2) is 5.82 Å². The fourth-order valence-corrected chi connectivity index (χ4v) is 1.33. The summed E-state index contributed by atoms with van der Waals surface area (Å²) in [5.74, 6) is 2.16. The Labute approximate surface area is 77.7 Å². The number of nitrogens with one attached hydrogen (secondary N) is 1. The van der Waals surface area contributed by atoms with Gasteiger partial charge in [-0.25, -0.2) is 0 Å². The summed E-state index contributed by atoms with van der Waals surface area (Å²) in [6, 6.07) is 0. The molecular weight excluding hydrogens is 166 g/mol. The van der Waals surface area contributed by atoms with Gasteiger partial charge in [0.2, 0.25) is 5.89 Å². The molecule has 0 amide bonds. The number of hydrogen-bond acceptors (Lipinski definition) is 4. The number of aromatic nitrogens is 2. The van der Waals surface area contributed by atoms with Gasteiger partial charge in [0.25, 0.3) is 0 Å². The second-order valence-electron chi connectivity index (χ2n) is 3.51. The molecule has 0 unspecified atom stereocenters. The Morgan fingerprint density at radius 2 is 2.38 bits per heavy atom. The average Bonchev–Trinajstić information content (AvgIpc) is 2.46. The predicted octanol–water partition coefficient (Wildman–Crippen LogP) is 1.10. The van der Waals surface area contributed by atoms with E-state index in [9.17, 15) is 0 Å². The second kappa shape index (κ2) is 3.87. The summed E-state index contributed by atoms with van der Waals surface area (Å²) < 4.78 is 5.13. The first kappa shape index (κ1) is 8.69. The van der Waals surface area contributed by atoms with Crippen LogP contribution < -0.4 is 5.32 Å². The number of aryl methyl sites for hydroxylation is 1. The SMILES string of the molecule is CCCCc1nc(C2CNC2)no1. The highest BCUT2D eigenvalue weighted by Crippen LogP contribution is 2.16. The molecule has 4 nitrogen and oxygen atoms in total. The van der Waals surface area contributed by atoms with E-state index in [1.165, 1.54) is 6.42 Å². The Bertz CT molecular complexity index is 268. The Morgan fingerprint density at radius 3 is 3.00 bits per heavy atom. The standard InChI is InChI=1S/C9H15N3O/c1-2-3-4-8-11-9(12-13-8)7-5-10-6-7/h7,10H,2-6H2,1H3. The number of unbranched alkanes of at least 4 members (excludes halogenated alkanes) is 1. The highest BCUT2D eigenvalue weighted by Gasteiger charge is 2.23. The van der Waals surface area contributed by atoms with Gasteiger partial charge in [0, 0.05) is 25.4 Å². The second-order valence-corrected chi connectivity index (χ2v) is 3.51. The Hall–Kier alpha value is -0.900. The lowest BCUT2D eigenvalue weighted by molar-refractivity contribution is 0.354. The maximum atomic E-state index is 5.13. The maximum Gasteiger partial charge on any atom is 0.226 e. The van der Waals surface area contributed by atoms with Crippen LogP contribution in [0.2, 0.25) is 0 Å². The minimum atomic E-state index is 0.485. The molecule has 0 aromatic carbocycles. The van der Waals surface area contributed by atoms with Crippen LogP contribution in [-0.4, -0.2) is 23.2 Å². The number of hydrogen-bond donors (Lipinski definition) is 1. The zero-order chi connectivity index (χ0) is 9.10. The van der Waals surface area contributed by atoms with Crippen LogP contribution in [0.15, 0.2) is 4.52 Å². The lowest BCUT2D eigenvalue weighted by Crippen LogP contribution is -2.40. The van der Waals surface area contributed by atoms with E-state index in [1.807, 2.05) is 0 Å². The van der Waals surface area contributed by atoms with E-state index in [-0.39, 0.29) is 0 Å². The molecule has 2 rings (SSSR count). The van der Waals surface area contributed by atoms with Gasteiger partial charge in [0.05, 0.1) is 0 Å². The zero-order valence-corrected chi connectivity index (χ0v) is 7.92. The van der Waals surface area contributed by atoms with E-state index in [1.54, 1.807) is 0 Å². The van der Waals surface area contributed by atoms with Crippen LogP contribution in [0.3, 0.4) is 0 Å². The van der Waals surface area contributed by atoms with Crippen molar-refractivity contribution in [3.8, 4) is 0 Å². The molecule has 1 N–H and O–H groups in total. The van der Waals surface area contributed by atoms with Crippen LogP contribution >= 0.6 is 0 Å². The molecule has 0 radical (unpaired) electrons. The van der Waals surface area contributed by atoms with Crippen molar-refractivity contribution in [1.29, 1.82) is 0 Å². The van der Waals surface area contributed by atoms with Crippen molar-refractivity contribution in [2.75, 3.05) is 13.1 Å². The van der Waals surface area contributed by atoms with Crippen molar-refractivity contribution in [3.05, 3.63) is 11.7 Å². The van der Waals surface area contributed by atoms with E-state index in [2.05, 4.69) is 22.4 Å². The molecule has 0 saturated carbocycles. The Balaban J connectivity index is 1.92. The fourth-order valence-electron chi connectivity index (χ4n) is 1.33. The molecule has 1 aromatic heterocycles. The van der Waals surface area contributed by atoms with Gasteiger partial charge in [-0.05, 0) is 6.42 Å². The number of rotatable bonds is 4. The first-order valence-electron chi connectivity index (χ1n) is 4.93. The van der Waals surface area contributed by atoms with E-state index >= 15 is 0 Å². The van der Waals surface area contributed by atoms with Crippen LogP contribution in [0.1, 0.15) is 37.4 Å². The summed E-state index contributed by atoms with van der Waals surface area (Å²) >= 11 is 0. The highest BCUT2D eigenvalue weighted by molar-refractivity contribution is 5.02. The molecule has 1 aliphatic heterocycles. The molecule has 1 saturated heterocycles. The van der Waals surface area contributed by atoms with Crippen LogP contribution in [0.5, 0.6) is 0 Å². The summed E-state index contributed by atoms with van der Waals surface area (Å²) in [6.07, 6.45) is 3.22. The van der Waals surface area contributed by atoms with E-state index in [4.69, 9.17) is 4.52 Å². The molecule has 0 bridgehead atoms. The molecule has 0 spiro atoms. The van der Waals surface area contributed by atoms with Gasteiger partial charge in [0.1, 0.15) is 0 Å². The quantitative estimate of drug-likeness (QED) is 0.755. The van der Waals surface area contributed by atoms with Crippen LogP contribution in [-0.2, 0) is 6.42 Å². The maximum absolute atomic E-state index is 5.13. The van der Waals surface area contributed by atoms with E-state index < -0.39 is 0 Å². The van der Waals surface area contributed by atoms with Gasteiger partial charge >= 0.3 is 0 Å². The van der Waals surface area contributed by atoms with Gasteiger partial charge in [-0.1, -0.05) is 18.5 Å². The molecular formula is C9H15N3O. The molecule has 1 aliphatic rings. The Kier molecular flexibility index (Phi) is 2.59. The molecule has 4 heteroatoms.